The zero-order chi connectivity index (χ0) is 18.4. The largest absolute Gasteiger partial charge is 0.478 e. The summed E-state index contributed by atoms with van der Waals surface area (Å²) in [6, 6.07) is 19.2. The van der Waals surface area contributed by atoms with Crippen molar-refractivity contribution < 1.29 is 9.90 Å². The Balaban J connectivity index is 1.74. The van der Waals surface area contributed by atoms with Gasteiger partial charge in [0.25, 0.3) is 0 Å². The molecule has 0 radical (unpaired) electrons. The smallest absolute Gasteiger partial charge is 0.335 e. The lowest BCUT2D eigenvalue weighted by atomic mass is 10.2. The molecule has 6 nitrogen and oxygen atoms in total. The van der Waals surface area contributed by atoms with Gasteiger partial charge in [-0.15, -0.1) is 16.7 Å². The van der Waals surface area contributed by atoms with Crippen LogP contribution in [0, 0.1) is 4.91 Å². The van der Waals surface area contributed by atoms with E-state index in [4.69, 9.17) is 5.11 Å². The summed E-state index contributed by atoms with van der Waals surface area (Å²) in [7, 11) is 0. The van der Waals surface area contributed by atoms with Gasteiger partial charge in [0.15, 0.2) is 0 Å². The number of benzene rings is 2. The first-order chi connectivity index (χ1) is 12.7. The Morgan fingerprint density at radius 1 is 1.04 bits per heavy atom. The summed E-state index contributed by atoms with van der Waals surface area (Å²) < 4.78 is 0. The number of hydrogen-bond acceptors (Lipinski definition) is 5. The van der Waals surface area contributed by atoms with Crippen LogP contribution < -0.4 is 5.01 Å². The van der Waals surface area contributed by atoms with Gasteiger partial charge < -0.3 is 5.11 Å². The molecule has 0 saturated heterocycles. The highest BCUT2D eigenvalue weighted by Crippen LogP contribution is 2.29. The predicted molar refractivity (Wildman–Crippen MR) is 102 cm³/mol. The molecule has 0 saturated carbocycles. The summed E-state index contributed by atoms with van der Waals surface area (Å²) in [4.78, 5) is 27.7. The summed E-state index contributed by atoms with van der Waals surface area (Å²) in [6.07, 6.45) is 1.76. The van der Waals surface area contributed by atoms with Crippen LogP contribution in [-0.2, 0) is 5.75 Å². The second kappa shape index (κ2) is 8.26. The summed E-state index contributed by atoms with van der Waals surface area (Å²) in [5.74, 6) is -0.310. The van der Waals surface area contributed by atoms with Crippen molar-refractivity contribution in [3.63, 3.8) is 0 Å². The lowest BCUT2D eigenvalue weighted by molar-refractivity contribution is 0.0697. The lowest BCUT2D eigenvalue weighted by Gasteiger charge is -2.16. The van der Waals surface area contributed by atoms with Crippen molar-refractivity contribution in [2.75, 3.05) is 5.01 Å². The first-order valence-electron chi connectivity index (χ1n) is 7.77. The van der Waals surface area contributed by atoms with Gasteiger partial charge in [0, 0.05) is 16.8 Å². The second-order valence-electron chi connectivity index (χ2n) is 5.35. The highest BCUT2D eigenvalue weighted by molar-refractivity contribution is 7.98. The number of rotatable bonds is 7. The van der Waals surface area contributed by atoms with Gasteiger partial charge in [-0.05, 0) is 54.6 Å². The fourth-order valence-electron chi connectivity index (χ4n) is 2.34. The molecule has 1 N–H and O–H groups in total. The van der Waals surface area contributed by atoms with E-state index in [1.807, 2.05) is 30.3 Å². The monoisotopic (exact) mass is 365 g/mol. The molecule has 0 fully saturated rings. The first kappa shape index (κ1) is 17.6. The SMILES string of the molecule is O=NN(c1ccc(SCc2ccccn2)cc1)c1cccc(C(=O)O)c1. The number of aromatic carboxylic acids is 1. The molecular formula is C19H15N3O3S. The Labute approximate surface area is 154 Å². The zero-order valence-corrected chi connectivity index (χ0v) is 14.5. The van der Waals surface area contributed by atoms with Crippen LogP contribution in [0.25, 0.3) is 0 Å². The van der Waals surface area contributed by atoms with E-state index in [1.54, 1.807) is 42.2 Å². The van der Waals surface area contributed by atoms with Crippen molar-refractivity contribution in [1.82, 2.24) is 4.98 Å². The van der Waals surface area contributed by atoms with E-state index < -0.39 is 5.97 Å². The number of carbonyl (C=O) groups is 1. The maximum absolute atomic E-state index is 11.3. The van der Waals surface area contributed by atoms with E-state index in [0.717, 1.165) is 16.3 Å². The van der Waals surface area contributed by atoms with Crippen LogP contribution in [-0.4, -0.2) is 16.1 Å². The summed E-state index contributed by atoms with van der Waals surface area (Å²) >= 11 is 1.64. The lowest BCUT2D eigenvalue weighted by Crippen LogP contribution is -2.08. The van der Waals surface area contributed by atoms with Crippen molar-refractivity contribution >= 4 is 29.1 Å². The molecular weight excluding hydrogens is 350 g/mol. The number of carboxylic acids is 1. The van der Waals surface area contributed by atoms with E-state index in [2.05, 4.69) is 10.3 Å². The maximum Gasteiger partial charge on any atom is 0.335 e. The Morgan fingerprint density at radius 3 is 2.50 bits per heavy atom. The van der Waals surface area contributed by atoms with E-state index in [1.165, 1.54) is 17.1 Å². The second-order valence-corrected chi connectivity index (χ2v) is 6.40. The normalized spacial score (nSPS) is 10.3. The molecule has 130 valence electrons. The van der Waals surface area contributed by atoms with Crippen molar-refractivity contribution in [1.29, 1.82) is 0 Å². The van der Waals surface area contributed by atoms with Gasteiger partial charge in [-0.1, -0.05) is 12.1 Å². The van der Waals surface area contributed by atoms with Crippen LogP contribution in [0.3, 0.4) is 0 Å². The van der Waals surface area contributed by atoms with Gasteiger partial charge >= 0.3 is 5.97 Å². The molecule has 0 aliphatic rings. The molecule has 3 rings (SSSR count). The Morgan fingerprint density at radius 2 is 1.85 bits per heavy atom. The molecule has 26 heavy (non-hydrogen) atoms. The third-order valence-corrected chi connectivity index (χ3v) is 4.66. The average Bonchev–Trinajstić information content (AvgIpc) is 2.69. The number of carboxylic acid groups (broad SMARTS) is 1. The Bertz CT molecular complexity index is 901. The number of anilines is 2. The minimum Gasteiger partial charge on any atom is -0.478 e. The summed E-state index contributed by atoms with van der Waals surface area (Å²) in [6.45, 7) is 0. The summed E-state index contributed by atoms with van der Waals surface area (Å²) in [5, 5.41) is 13.3. The molecule has 0 atom stereocenters. The van der Waals surface area contributed by atoms with Crippen LogP contribution in [0.4, 0.5) is 11.4 Å². The van der Waals surface area contributed by atoms with E-state index in [9.17, 15) is 9.70 Å². The van der Waals surface area contributed by atoms with Crippen LogP contribution in [0.1, 0.15) is 16.1 Å². The number of pyridine rings is 1. The molecule has 1 heterocycles. The third kappa shape index (κ3) is 4.25. The van der Waals surface area contributed by atoms with E-state index in [-0.39, 0.29) is 5.56 Å². The van der Waals surface area contributed by atoms with Gasteiger partial charge in [0.1, 0.15) is 0 Å². The Kier molecular flexibility index (Phi) is 5.60. The Hall–Kier alpha value is -3.19. The molecule has 0 amide bonds. The molecule has 0 aliphatic heterocycles. The molecule has 7 heteroatoms. The van der Waals surface area contributed by atoms with Gasteiger partial charge in [0.05, 0.1) is 27.9 Å². The van der Waals surface area contributed by atoms with Crippen LogP contribution in [0.15, 0.2) is 83.1 Å². The highest BCUT2D eigenvalue weighted by atomic mass is 32.2. The minimum atomic E-state index is -1.06. The third-order valence-electron chi connectivity index (χ3n) is 3.61. The predicted octanol–water partition coefficient (Wildman–Crippen LogP) is 4.89. The molecule has 0 bridgehead atoms. The zero-order valence-electron chi connectivity index (χ0n) is 13.6. The number of hydrogen-bond donors (Lipinski definition) is 1. The van der Waals surface area contributed by atoms with Gasteiger partial charge in [-0.2, -0.15) is 5.01 Å². The highest BCUT2D eigenvalue weighted by Gasteiger charge is 2.12. The fraction of sp³-hybridized carbons (Fsp3) is 0.0526. The van der Waals surface area contributed by atoms with Gasteiger partial charge in [-0.25, -0.2) is 4.79 Å². The fourth-order valence-corrected chi connectivity index (χ4v) is 3.15. The van der Waals surface area contributed by atoms with E-state index >= 15 is 0 Å². The van der Waals surface area contributed by atoms with Crippen LogP contribution >= 0.6 is 11.8 Å². The standard InChI is InChI=1S/C19H15N3O3S/c23-19(24)14-4-3-6-17(12-14)22(21-25)16-7-9-18(10-8-16)26-13-15-5-1-2-11-20-15/h1-12H,13H2,(H,23,24). The number of nitroso groups, excluding NO2 is 1. The summed E-state index contributed by atoms with van der Waals surface area (Å²) in [5.41, 5.74) is 2.04. The van der Waals surface area contributed by atoms with Crippen molar-refractivity contribution in [2.24, 2.45) is 5.29 Å². The van der Waals surface area contributed by atoms with Crippen LogP contribution in [0.2, 0.25) is 0 Å². The average molecular weight is 365 g/mol. The van der Waals surface area contributed by atoms with Crippen molar-refractivity contribution in [3.05, 3.63) is 89.1 Å². The van der Waals surface area contributed by atoms with Crippen molar-refractivity contribution in [3.8, 4) is 0 Å². The van der Waals surface area contributed by atoms with Gasteiger partial charge in [0.2, 0.25) is 0 Å². The minimum absolute atomic E-state index is 0.0960. The van der Waals surface area contributed by atoms with Crippen molar-refractivity contribution in [2.45, 2.75) is 10.6 Å². The van der Waals surface area contributed by atoms with Crippen LogP contribution in [0.5, 0.6) is 0 Å². The van der Waals surface area contributed by atoms with Gasteiger partial charge in [-0.3, -0.25) is 4.98 Å². The number of thioether (sulfide) groups is 1. The topological polar surface area (TPSA) is 82.9 Å². The number of nitrogens with zero attached hydrogens (tertiary/aromatic N) is 3. The number of aromatic nitrogens is 1. The molecule has 3 aromatic rings. The maximum atomic E-state index is 11.3. The molecule has 2 aromatic carbocycles. The molecule has 0 spiro atoms. The quantitative estimate of drug-likeness (QED) is 0.364. The first-order valence-corrected chi connectivity index (χ1v) is 8.75. The molecule has 0 unspecified atom stereocenters. The van der Waals surface area contributed by atoms with E-state index in [0.29, 0.717) is 11.4 Å². The molecule has 1 aromatic heterocycles. The molecule has 0 aliphatic carbocycles.